The van der Waals surface area contributed by atoms with Crippen LogP contribution >= 0.6 is 0 Å². The van der Waals surface area contributed by atoms with Gasteiger partial charge in [0.25, 0.3) is 5.91 Å². The van der Waals surface area contributed by atoms with Gasteiger partial charge in [0.2, 0.25) is 0 Å². The maximum atomic E-state index is 11.8. The van der Waals surface area contributed by atoms with Crippen LogP contribution in [0, 0.1) is 0 Å². The van der Waals surface area contributed by atoms with E-state index in [0.29, 0.717) is 19.1 Å². The molecule has 1 aliphatic carbocycles. The van der Waals surface area contributed by atoms with Gasteiger partial charge in [0.1, 0.15) is 11.8 Å². The molecule has 0 aromatic heterocycles. The highest BCUT2D eigenvalue weighted by molar-refractivity contribution is 6.08. The van der Waals surface area contributed by atoms with Crippen LogP contribution in [0.25, 0.3) is 0 Å². The molecule has 1 heterocycles. The Hall–Kier alpha value is -1.39. The first-order chi connectivity index (χ1) is 6.69. The molecule has 1 saturated heterocycles. The van der Waals surface area contributed by atoms with Gasteiger partial charge in [0.15, 0.2) is 0 Å². The van der Waals surface area contributed by atoms with Crippen molar-refractivity contribution in [2.75, 3.05) is 6.54 Å². The zero-order valence-corrected chi connectivity index (χ0v) is 7.78. The molecule has 5 heteroatoms. The molecule has 0 aromatic rings. The number of carbonyl (C=O) groups excluding carboxylic acids is 3. The molecule has 0 bridgehead atoms. The highest BCUT2D eigenvalue weighted by atomic mass is 16.2. The molecule has 2 fully saturated rings. The molecule has 1 saturated carbocycles. The van der Waals surface area contributed by atoms with E-state index >= 15 is 0 Å². The molecular formula is C9H12N2O3. The number of hydrogen-bond donors (Lipinski definition) is 1. The van der Waals surface area contributed by atoms with Gasteiger partial charge in [-0.1, -0.05) is 12.8 Å². The van der Waals surface area contributed by atoms with Gasteiger partial charge < -0.3 is 10.1 Å². The smallest absolute Gasteiger partial charge is 0.323 e. The fourth-order valence-electron chi connectivity index (χ4n) is 2.23. The quantitative estimate of drug-likeness (QED) is 0.501. The van der Waals surface area contributed by atoms with Crippen molar-refractivity contribution >= 4 is 18.2 Å². The number of nitrogens with zero attached hydrogens (tertiary/aromatic N) is 1. The minimum absolute atomic E-state index is 0.133. The first-order valence-corrected chi connectivity index (χ1v) is 4.77. The van der Waals surface area contributed by atoms with E-state index in [-0.39, 0.29) is 12.5 Å². The first-order valence-electron chi connectivity index (χ1n) is 4.77. The van der Waals surface area contributed by atoms with Crippen LogP contribution in [0.5, 0.6) is 0 Å². The Labute approximate surface area is 81.4 Å². The molecule has 1 spiro atoms. The molecular weight excluding hydrogens is 184 g/mol. The molecule has 0 atom stereocenters. The summed E-state index contributed by atoms with van der Waals surface area (Å²) in [6.45, 7) is -0.133. The van der Waals surface area contributed by atoms with Gasteiger partial charge in [-0.2, -0.15) is 0 Å². The molecule has 2 rings (SSSR count). The van der Waals surface area contributed by atoms with Crippen LogP contribution in [0.15, 0.2) is 0 Å². The fraction of sp³-hybridized carbons (Fsp3) is 0.667. The Bertz CT molecular complexity index is 294. The van der Waals surface area contributed by atoms with Crippen LogP contribution in [0.2, 0.25) is 0 Å². The molecule has 1 aliphatic heterocycles. The maximum absolute atomic E-state index is 11.8. The minimum Gasteiger partial charge on any atom is -0.323 e. The second-order valence-electron chi connectivity index (χ2n) is 3.80. The monoisotopic (exact) mass is 196 g/mol. The van der Waals surface area contributed by atoms with E-state index in [1.165, 1.54) is 0 Å². The van der Waals surface area contributed by atoms with Gasteiger partial charge in [-0.15, -0.1) is 0 Å². The SMILES string of the molecule is O=CCN1C(=O)NC2(CCCC2)C1=O. The van der Waals surface area contributed by atoms with Crippen LogP contribution in [-0.2, 0) is 9.59 Å². The summed E-state index contributed by atoms with van der Waals surface area (Å²) in [4.78, 5) is 34.5. The number of rotatable bonds is 2. The Morgan fingerprint density at radius 3 is 2.57 bits per heavy atom. The van der Waals surface area contributed by atoms with Gasteiger partial charge in [0, 0.05) is 0 Å². The summed E-state index contributed by atoms with van der Waals surface area (Å²) in [5.41, 5.74) is -0.680. The van der Waals surface area contributed by atoms with E-state index < -0.39 is 11.6 Å². The third-order valence-corrected chi connectivity index (χ3v) is 2.96. The van der Waals surface area contributed by atoms with Crippen LogP contribution in [0.4, 0.5) is 4.79 Å². The lowest BCUT2D eigenvalue weighted by Crippen LogP contribution is -2.44. The van der Waals surface area contributed by atoms with Gasteiger partial charge in [-0.3, -0.25) is 9.69 Å². The van der Waals surface area contributed by atoms with Crippen LogP contribution < -0.4 is 5.32 Å². The lowest BCUT2D eigenvalue weighted by atomic mass is 9.98. The maximum Gasteiger partial charge on any atom is 0.325 e. The molecule has 0 radical (unpaired) electrons. The Morgan fingerprint density at radius 2 is 2.00 bits per heavy atom. The first kappa shape index (κ1) is 9.18. The second kappa shape index (κ2) is 3.08. The predicted octanol–water partition coefficient (Wildman–Crippen LogP) is 0.0499. The minimum atomic E-state index is -0.680. The molecule has 1 N–H and O–H groups in total. The number of aldehydes is 1. The van der Waals surface area contributed by atoms with Gasteiger partial charge in [-0.25, -0.2) is 4.79 Å². The summed E-state index contributed by atoms with van der Waals surface area (Å²) < 4.78 is 0. The molecule has 0 unspecified atom stereocenters. The van der Waals surface area contributed by atoms with Crippen LogP contribution in [-0.4, -0.2) is 35.2 Å². The lowest BCUT2D eigenvalue weighted by molar-refractivity contribution is -0.132. The Balaban J connectivity index is 2.21. The highest BCUT2D eigenvalue weighted by Gasteiger charge is 2.52. The number of carbonyl (C=O) groups is 3. The Morgan fingerprint density at radius 1 is 1.36 bits per heavy atom. The van der Waals surface area contributed by atoms with Crippen molar-refractivity contribution in [3.63, 3.8) is 0 Å². The number of amides is 3. The molecule has 2 aliphatic rings. The summed E-state index contributed by atoms with van der Waals surface area (Å²) in [6, 6.07) is -0.427. The van der Waals surface area contributed by atoms with Gasteiger partial charge in [-0.05, 0) is 12.8 Å². The average Bonchev–Trinajstić information content (AvgIpc) is 2.69. The predicted molar refractivity (Wildman–Crippen MR) is 47.5 cm³/mol. The van der Waals surface area contributed by atoms with Crippen LogP contribution in [0.1, 0.15) is 25.7 Å². The summed E-state index contributed by atoms with van der Waals surface area (Å²) in [6.07, 6.45) is 3.90. The summed E-state index contributed by atoms with van der Waals surface area (Å²) >= 11 is 0. The zero-order chi connectivity index (χ0) is 10.2. The Kier molecular flexibility index (Phi) is 2.02. The third-order valence-electron chi connectivity index (χ3n) is 2.96. The van der Waals surface area contributed by atoms with Crippen LogP contribution in [0.3, 0.4) is 0 Å². The van der Waals surface area contributed by atoms with Crippen molar-refractivity contribution in [2.45, 2.75) is 31.2 Å². The van der Waals surface area contributed by atoms with E-state index in [2.05, 4.69) is 5.32 Å². The van der Waals surface area contributed by atoms with Crippen molar-refractivity contribution < 1.29 is 14.4 Å². The standard InChI is InChI=1S/C9H12N2O3/c12-6-5-11-7(13)9(10-8(11)14)3-1-2-4-9/h6H,1-5H2,(H,10,14). The normalized spacial score (nSPS) is 24.4. The van der Waals surface area contributed by atoms with E-state index in [4.69, 9.17) is 0 Å². The number of nitrogens with one attached hydrogen (secondary N) is 1. The molecule has 76 valence electrons. The van der Waals surface area contributed by atoms with Gasteiger partial charge >= 0.3 is 6.03 Å². The molecule has 3 amide bonds. The van der Waals surface area contributed by atoms with Crippen molar-refractivity contribution in [1.29, 1.82) is 0 Å². The number of imide groups is 1. The summed E-state index contributed by atoms with van der Waals surface area (Å²) in [5, 5.41) is 2.69. The number of hydrogen-bond acceptors (Lipinski definition) is 3. The fourth-order valence-corrected chi connectivity index (χ4v) is 2.23. The highest BCUT2D eigenvalue weighted by Crippen LogP contribution is 2.34. The van der Waals surface area contributed by atoms with E-state index in [9.17, 15) is 14.4 Å². The lowest BCUT2D eigenvalue weighted by Gasteiger charge is -2.19. The van der Waals surface area contributed by atoms with Crippen molar-refractivity contribution in [3.05, 3.63) is 0 Å². The van der Waals surface area contributed by atoms with E-state index in [1.807, 2.05) is 0 Å². The van der Waals surface area contributed by atoms with Crippen molar-refractivity contribution in [3.8, 4) is 0 Å². The third kappa shape index (κ3) is 1.12. The van der Waals surface area contributed by atoms with E-state index in [0.717, 1.165) is 17.7 Å². The number of urea groups is 1. The molecule has 5 nitrogen and oxygen atoms in total. The molecule has 0 aromatic carbocycles. The molecule has 14 heavy (non-hydrogen) atoms. The zero-order valence-electron chi connectivity index (χ0n) is 7.78. The van der Waals surface area contributed by atoms with E-state index in [1.54, 1.807) is 0 Å². The van der Waals surface area contributed by atoms with Crippen molar-refractivity contribution in [2.24, 2.45) is 0 Å². The summed E-state index contributed by atoms with van der Waals surface area (Å²) in [7, 11) is 0. The van der Waals surface area contributed by atoms with Gasteiger partial charge in [0.05, 0.1) is 6.54 Å². The second-order valence-corrected chi connectivity index (χ2v) is 3.80. The largest absolute Gasteiger partial charge is 0.325 e. The summed E-state index contributed by atoms with van der Waals surface area (Å²) in [5.74, 6) is -0.230. The van der Waals surface area contributed by atoms with Crippen molar-refractivity contribution in [1.82, 2.24) is 10.2 Å². The average molecular weight is 196 g/mol. The topological polar surface area (TPSA) is 66.5 Å².